The predicted molar refractivity (Wildman–Crippen MR) is 114 cm³/mol. The van der Waals surface area contributed by atoms with Crippen LogP contribution in [0.1, 0.15) is 43.5 Å². The highest BCUT2D eigenvalue weighted by Gasteiger charge is 2.40. The van der Waals surface area contributed by atoms with E-state index >= 15 is 0 Å². The van der Waals surface area contributed by atoms with Crippen LogP contribution in [0.25, 0.3) is 0 Å². The quantitative estimate of drug-likeness (QED) is 0.640. The van der Waals surface area contributed by atoms with Crippen LogP contribution in [-0.4, -0.2) is 34.9 Å². The van der Waals surface area contributed by atoms with E-state index in [1.807, 2.05) is 67.1 Å². The van der Waals surface area contributed by atoms with Gasteiger partial charge < -0.3 is 9.47 Å². The number of hydrogen-bond acceptors (Lipinski definition) is 5. The van der Waals surface area contributed by atoms with Crippen molar-refractivity contribution in [3.05, 3.63) is 66.0 Å². The van der Waals surface area contributed by atoms with Gasteiger partial charge in [-0.2, -0.15) is 10.1 Å². The van der Waals surface area contributed by atoms with Crippen LogP contribution in [0.4, 0.5) is 5.95 Å². The lowest BCUT2D eigenvalue weighted by Gasteiger charge is -2.40. The van der Waals surface area contributed by atoms with Crippen molar-refractivity contribution in [2.75, 3.05) is 19.1 Å². The minimum absolute atomic E-state index is 0.0262. The highest BCUT2D eigenvalue weighted by Crippen LogP contribution is 2.42. The van der Waals surface area contributed by atoms with Crippen molar-refractivity contribution in [1.29, 1.82) is 0 Å². The van der Waals surface area contributed by atoms with Crippen LogP contribution in [0, 0.1) is 5.92 Å². The number of rotatable bonds is 5. The van der Waals surface area contributed by atoms with Crippen LogP contribution < -0.4 is 14.4 Å². The average Bonchev–Trinajstić information content (AvgIpc) is 3.27. The number of benzene rings is 2. The molecular weight excluding hydrogens is 380 g/mol. The summed E-state index contributed by atoms with van der Waals surface area (Å²) >= 11 is 0. The zero-order valence-electron chi connectivity index (χ0n) is 17.6. The van der Waals surface area contributed by atoms with Crippen molar-refractivity contribution in [2.24, 2.45) is 5.92 Å². The third-order valence-electron chi connectivity index (χ3n) is 5.56. The standard InChI is InChI=1S/C23H26N4O3/c1-15(2)22(28)26-20(16-5-9-18(29-3)10-6-16)13-21(27-23(26)24-14-25-27)17-7-11-19(30-4)12-8-17/h5-12,14-15,20-21H,13H2,1-4H3. The molecule has 2 unspecified atom stereocenters. The van der Waals surface area contributed by atoms with E-state index in [1.54, 1.807) is 19.1 Å². The number of carbonyl (C=O) groups is 1. The number of methoxy groups -OCH3 is 2. The van der Waals surface area contributed by atoms with Crippen LogP contribution in [0.15, 0.2) is 54.9 Å². The number of aromatic nitrogens is 3. The van der Waals surface area contributed by atoms with E-state index in [9.17, 15) is 4.79 Å². The van der Waals surface area contributed by atoms with E-state index in [0.717, 1.165) is 22.6 Å². The summed E-state index contributed by atoms with van der Waals surface area (Å²) < 4.78 is 12.5. The fraction of sp³-hybridized carbons (Fsp3) is 0.348. The van der Waals surface area contributed by atoms with Gasteiger partial charge in [-0.3, -0.25) is 9.69 Å². The van der Waals surface area contributed by atoms with Crippen molar-refractivity contribution in [3.63, 3.8) is 0 Å². The normalized spacial score (nSPS) is 18.2. The largest absolute Gasteiger partial charge is 0.497 e. The van der Waals surface area contributed by atoms with Crippen LogP contribution >= 0.6 is 0 Å². The summed E-state index contributed by atoms with van der Waals surface area (Å²) in [6.45, 7) is 3.81. The summed E-state index contributed by atoms with van der Waals surface area (Å²) in [4.78, 5) is 19.5. The molecule has 0 saturated carbocycles. The molecule has 1 aliphatic rings. The molecule has 156 valence electrons. The fourth-order valence-corrected chi connectivity index (χ4v) is 3.94. The van der Waals surface area contributed by atoms with Gasteiger partial charge in [-0.05, 0) is 41.8 Å². The summed E-state index contributed by atoms with van der Waals surface area (Å²) in [7, 11) is 3.30. The van der Waals surface area contributed by atoms with Gasteiger partial charge in [0.15, 0.2) is 0 Å². The molecule has 0 saturated heterocycles. The van der Waals surface area contributed by atoms with Crippen LogP contribution in [0.2, 0.25) is 0 Å². The molecule has 2 heterocycles. The minimum atomic E-state index is -0.159. The molecule has 0 bridgehead atoms. The molecule has 0 N–H and O–H groups in total. The van der Waals surface area contributed by atoms with E-state index in [1.165, 1.54) is 6.33 Å². The highest BCUT2D eigenvalue weighted by molar-refractivity contribution is 5.94. The molecule has 7 nitrogen and oxygen atoms in total. The Balaban J connectivity index is 1.80. The van der Waals surface area contributed by atoms with Crippen molar-refractivity contribution in [2.45, 2.75) is 32.4 Å². The van der Waals surface area contributed by atoms with Crippen molar-refractivity contribution in [3.8, 4) is 11.5 Å². The minimum Gasteiger partial charge on any atom is -0.497 e. The molecule has 0 aliphatic carbocycles. The Bertz CT molecular complexity index is 1010. The van der Waals surface area contributed by atoms with E-state index in [2.05, 4.69) is 10.1 Å². The smallest absolute Gasteiger partial charge is 0.232 e. The number of nitrogens with zero attached hydrogens (tertiary/aromatic N) is 4. The Labute approximate surface area is 176 Å². The molecule has 7 heteroatoms. The maximum Gasteiger partial charge on any atom is 0.232 e. The zero-order valence-corrected chi connectivity index (χ0v) is 17.6. The summed E-state index contributed by atoms with van der Waals surface area (Å²) in [6.07, 6.45) is 2.20. The number of fused-ring (bicyclic) bond motifs is 1. The highest BCUT2D eigenvalue weighted by atomic mass is 16.5. The molecule has 0 radical (unpaired) electrons. The Hall–Kier alpha value is -3.35. The Morgan fingerprint density at radius 3 is 1.97 bits per heavy atom. The number of anilines is 1. The molecule has 4 rings (SSSR count). The lowest BCUT2D eigenvalue weighted by atomic mass is 9.91. The SMILES string of the molecule is COc1ccc(C2CC(c3ccc(OC)cc3)n3ncnc3N2C(=O)C(C)C)cc1. The van der Waals surface area contributed by atoms with E-state index in [4.69, 9.17) is 9.47 Å². The van der Waals surface area contributed by atoms with Gasteiger partial charge in [0.1, 0.15) is 17.8 Å². The maximum atomic E-state index is 13.2. The Morgan fingerprint density at radius 1 is 0.933 bits per heavy atom. The van der Waals surface area contributed by atoms with Gasteiger partial charge in [-0.25, -0.2) is 4.68 Å². The van der Waals surface area contributed by atoms with Crippen molar-refractivity contribution in [1.82, 2.24) is 14.8 Å². The lowest BCUT2D eigenvalue weighted by molar-refractivity contribution is -0.122. The number of hydrogen-bond donors (Lipinski definition) is 0. The van der Waals surface area contributed by atoms with Crippen molar-refractivity contribution >= 4 is 11.9 Å². The first-order chi connectivity index (χ1) is 14.5. The van der Waals surface area contributed by atoms with Gasteiger partial charge in [0.2, 0.25) is 11.9 Å². The van der Waals surface area contributed by atoms with E-state index in [-0.39, 0.29) is 23.9 Å². The molecule has 1 aliphatic heterocycles. The molecule has 0 spiro atoms. The molecule has 30 heavy (non-hydrogen) atoms. The average molecular weight is 406 g/mol. The van der Waals surface area contributed by atoms with Crippen LogP contribution in [0.5, 0.6) is 11.5 Å². The number of carbonyl (C=O) groups excluding carboxylic acids is 1. The fourth-order valence-electron chi connectivity index (χ4n) is 3.94. The van der Waals surface area contributed by atoms with Gasteiger partial charge >= 0.3 is 0 Å². The second-order valence-electron chi connectivity index (χ2n) is 7.68. The number of amides is 1. The van der Waals surface area contributed by atoms with Crippen LogP contribution in [-0.2, 0) is 4.79 Å². The first-order valence-corrected chi connectivity index (χ1v) is 10.0. The predicted octanol–water partition coefficient (Wildman–Crippen LogP) is 4.02. The van der Waals surface area contributed by atoms with E-state index < -0.39 is 0 Å². The van der Waals surface area contributed by atoms with E-state index in [0.29, 0.717) is 12.4 Å². The molecular formula is C23H26N4O3. The van der Waals surface area contributed by atoms with Gasteiger partial charge in [0.05, 0.1) is 26.3 Å². The molecule has 1 aromatic heterocycles. The van der Waals surface area contributed by atoms with Gasteiger partial charge in [0, 0.05) is 5.92 Å². The summed E-state index contributed by atoms with van der Waals surface area (Å²) in [5.74, 6) is 2.02. The summed E-state index contributed by atoms with van der Waals surface area (Å²) in [6, 6.07) is 15.7. The van der Waals surface area contributed by atoms with Crippen molar-refractivity contribution < 1.29 is 14.3 Å². The molecule has 2 aromatic carbocycles. The molecule has 3 aromatic rings. The number of ether oxygens (including phenoxy) is 2. The molecule has 0 fully saturated rings. The summed E-state index contributed by atoms with van der Waals surface area (Å²) in [5.41, 5.74) is 2.13. The lowest BCUT2D eigenvalue weighted by Crippen LogP contribution is -2.44. The third-order valence-corrected chi connectivity index (χ3v) is 5.56. The zero-order chi connectivity index (χ0) is 21.3. The second-order valence-corrected chi connectivity index (χ2v) is 7.68. The van der Waals surface area contributed by atoms with Crippen LogP contribution in [0.3, 0.4) is 0 Å². The first kappa shape index (κ1) is 19.9. The third kappa shape index (κ3) is 3.51. The Kier molecular flexibility index (Phi) is 5.44. The summed E-state index contributed by atoms with van der Waals surface area (Å²) in [5, 5.41) is 4.47. The molecule has 2 atom stereocenters. The van der Waals surface area contributed by atoms with Gasteiger partial charge in [-0.1, -0.05) is 38.1 Å². The first-order valence-electron chi connectivity index (χ1n) is 10.0. The monoisotopic (exact) mass is 406 g/mol. The molecule has 1 amide bonds. The van der Waals surface area contributed by atoms with Gasteiger partial charge in [0.25, 0.3) is 0 Å². The second kappa shape index (κ2) is 8.18. The topological polar surface area (TPSA) is 69.5 Å². The maximum absolute atomic E-state index is 13.2. The Morgan fingerprint density at radius 2 is 1.47 bits per heavy atom. The van der Waals surface area contributed by atoms with Gasteiger partial charge in [-0.15, -0.1) is 0 Å².